The molecule has 0 aliphatic rings. The van der Waals surface area contributed by atoms with Crippen LogP contribution in [0.2, 0.25) is 0 Å². The molecule has 0 aliphatic heterocycles. The van der Waals surface area contributed by atoms with E-state index in [1.165, 1.54) is 13.0 Å². The summed E-state index contributed by atoms with van der Waals surface area (Å²) in [4.78, 5) is 0. The Morgan fingerprint density at radius 3 is 1.57 bits per heavy atom. The standard InChI is InChI=1S/C11H10F6O4S2/c1-6-3-4-7(2)8(5-6)9(22(18,19)10(12,13)14)23(20,21)11(15,16)17/h3-5,9H,1-2H3. The number of sulfone groups is 2. The topological polar surface area (TPSA) is 68.3 Å². The van der Waals surface area contributed by atoms with Crippen LogP contribution in [0.3, 0.4) is 0 Å². The molecule has 0 N–H and O–H groups in total. The van der Waals surface area contributed by atoms with Crippen molar-refractivity contribution in [1.29, 1.82) is 0 Å². The van der Waals surface area contributed by atoms with Crippen LogP contribution in [0.4, 0.5) is 26.3 Å². The number of hydrogen-bond acceptors (Lipinski definition) is 4. The molecule has 4 nitrogen and oxygen atoms in total. The molecule has 0 spiro atoms. The van der Waals surface area contributed by atoms with Crippen molar-refractivity contribution in [2.75, 3.05) is 0 Å². The molecular formula is C11H10F6O4S2. The van der Waals surface area contributed by atoms with E-state index in [4.69, 9.17) is 0 Å². The second kappa shape index (κ2) is 5.65. The second-order valence-electron chi connectivity index (χ2n) is 4.67. The number of halogens is 6. The minimum Gasteiger partial charge on any atom is -0.218 e. The Labute approximate surface area is 128 Å². The molecule has 132 valence electrons. The Balaban J connectivity index is 3.90. The maximum atomic E-state index is 12.7. The van der Waals surface area contributed by atoms with E-state index in [2.05, 4.69) is 0 Å². The lowest BCUT2D eigenvalue weighted by molar-refractivity contribution is -0.0472. The maximum absolute atomic E-state index is 12.7. The van der Waals surface area contributed by atoms with E-state index in [1.54, 1.807) is 0 Å². The van der Waals surface area contributed by atoms with E-state index in [-0.39, 0.29) is 11.1 Å². The van der Waals surface area contributed by atoms with Crippen LogP contribution in [0.1, 0.15) is 21.3 Å². The SMILES string of the molecule is Cc1ccc(C)c(C(S(=O)(=O)C(F)(F)F)S(=O)(=O)C(F)(F)F)c1. The van der Waals surface area contributed by atoms with E-state index in [0.717, 1.165) is 13.0 Å². The van der Waals surface area contributed by atoms with Crippen molar-refractivity contribution in [3.05, 3.63) is 34.9 Å². The first-order valence-electron chi connectivity index (χ1n) is 5.71. The van der Waals surface area contributed by atoms with Crippen molar-refractivity contribution in [3.8, 4) is 0 Å². The third kappa shape index (κ3) is 3.47. The first kappa shape index (κ1) is 19.7. The van der Waals surface area contributed by atoms with Gasteiger partial charge in [-0.2, -0.15) is 26.3 Å². The summed E-state index contributed by atoms with van der Waals surface area (Å²) in [6, 6.07) is 3.00. The largest absolute Gasteiger partial charge is 0.499 e. The van der Waals surface area contributed by atoms with Crippen LogP contribution in [0, 0.1) is 13.8 Å². The van der Waals surface area contributed by atoms with Gasteiger partial charge in [0.1, 0.15) is 0 Å². The highest BCUT2D eigenvalue weighted by Gasteiger charge is 2.63. The van der Waals surface area contributed by atoms with Crippen molar-refractivity contribution in [1.82, 2.24) is 0 Å². The first-order valence-corrected chi connectivity index (χ1v) is 8.80. The molecule has 0 atom stereocenters. The molecule has 0 heterocycles. The van der Waals surface area contributed by atoms with Crippen LogP contribution in [0.15, 0.2) is 18.2 Å². The quantitative estimate of drug-likeness (QED) is 0.751. The molecule has 1 rings (SSSR count). The van der Waals surface area contributed by atoms with Crippen molar-refractivity contribution >= 4 is 19.7 Å². The van der Waals surface area contributed by atoms with Gasteiger partial charge in [-0.15, -0.1) is 0 Å². The van der Waals surface area contributed by atoms with Crippen LogP contribution < -0.4 is 0 Å². The summed E-state index contributed by atoms with van der Waals surface area (Å²) < 4.78 is 118. The number of alkyl halides is 6. The van der Waals surface area contributed by atoms with Gasteiger partial charge in [-0.25, -0.2) is 16.8 Å². The van der Waals surface area contributed by atoms with Gasteiger partial charge in [0.25, 0.3) is 19.7 Å². The molecule has 0 unspecified atom stereocenters. The van der Waals surface area contributed by atoms with Gasteiger partial charge in [0, 0.05) is 0 Å². The van der Waals surface area contributed by atoms with Gasteiger partial charge in [-0.05, 0) is 25.0 Å². The average Bonchev–Trinajstić information content (AvgIpc) is 2.30. The third-order valence-electron chi connectivity index (χ3n) is 2.90. The molecule has 0 fully saturated rings. The van der Waals surface area contributed by atoms with Crippen molar-refractivity contribution in [2.45, 2.75) is 29.4 Å². The lowest BCUT2D eigenvalue weighted by atomic mass is 10.1. The molecule has 0 aliphatic carbocycles. The fraction of sp³-hybridized carbons (Fsp3) is 0.455. The molecule has 12 heteroatoms. The van der Waals surface area contributed by atoms with Gasteiger partial charge in [0.2, 0.25) is 4.58 Å². The van der Waals surface area contributed by atoms with E-state index in [0.29, 0.717) is 6.07 Å². The Kier molecular flexibility index (Phi) is 4.85. The van der Waals surface area contributed by atoms with Gasteiger partial charge in [-0.1, -0.05) is 23.8 Å². The van der Waals surface area contributed by atoms with Crippen LogP contribution in [0.25, 0.3) is 0 Å². The van der Waals surface area contributed by atoms with E-state index in [9.17, 15) is 43.2 Å². The summed E-state index contributed by atoms with van der Waals surface area (Å²) in [7, 11) is -13.4. The smallest absolute Gasteiger partial charge is 0.218 e. The Bertz CT molecular complexity index is 762. The highest BCUT2D eigenvalue weighted by atomic mass is 32.3. The zero-order valence-electron chi connectivity index (χ0n) is 11.5. The molecule has 0 saturated heterocycles. The summed E-state index contributed by atoms with van der Waals surface area (Å²) in [6.07, 6.45) is 0. The zero-order valence-corrected chi connectivity index (χ0v) is 13.2. The van der Waals surface area contributed by atoms with Crippen LogP contribution >= 0.6 is 0 Å². The van der Waals surface area contributed by atoms with E-state index in [1.807, 2.05) is 0 Å². The summed E-state index contributed by atoms with van der Waals surface area (Å²) >= 11 is 0. The Hall–Kier alpha value is -1.30. The highest BCUT2D eigenvalue weighted by molar-refractivity contribution is 8.09. The minimum absolute atomic E-state index is 0.102. The molecule has 0 bridgehead atoms. The number of benzene rings is 1. The summed E-state index contributed by atoms with van der Waals surface area (Å²) in [5.74, 6) is 0. The lowest BCUT2D eigenvalue weighted by Gasteiger charge is -2.22. The molecule has 0 saturated carbocycles. The summed E-state index contributed by atoms with van der Waals surface area (Å²) in [6.45, 7) is 2.28. The number of rotatable bonds is 3. The molecule has 1 aromatic carbocycles. The maximum Gasteiger partial charge on any atom is 0.499 e. The molecular weight excluding hydrogens is 374 g/mol. The number of hydrogen-bond donors (Lipinski definition) is 0. The second-order valence-corrected chi connectivity index (χ2v) is 9.02. The third-order valence-corrected chi connectivity index (χ3v) is 7.34. The van der Waals surface area contributed by atoms with Gasteiger partial charge in [0.15, 0.2) is 0 Å². The van der Waals surface area contributed by atoms with Crippen molar-refractivity contribution in [3.63, 3.8) is 0 Å². The molecule has 0 amide bonds. The molecule has 1 aromatic rings. The Morgan fingerprint density at radius 1 is 0.826 bits per heavy atom. The van der Waals surface area contributed by atoms with Crippen LogP contribution in [-0.4, -0.2) is 27.9 Å². The molecule has 0 radical (unpaired) electrons. The fourth-order valence-corrected chi connectivity index (χ4v) is 5.41. The monoisotopic (exact) mass is 384 g/mol. The molecule has 0 aromatic heterocycles. The lowest BCUT2D eigenvalue weighted by Crippen LogP contribution is -2.39. The molecule has 23 heavy (non-hydrogen) atoms. The van der Waals surface area contributed by atoms with Crippen LogP contribution in [-0.2, 0) is 19.7 Å². The summed E-state index contributed by atoms with van der Waals surface area (Å²) in [5, 5.41) is 0. The van der Waals surface area contributed by atoms with Gasteiger partial charge >= 0.3 is 11.0 Å². The Morgan fingerprint density at radius 2 is 1.22 bits per heavy atom. The normalized spacial score (nSPS) is 14.3. The van der Waals surface area contributed by atoms with E-state index < -0.39 is 40.8 Å². The predicted molar refractivity (Wildman–Crippen MR) is 68.6 cm³/mol. The predicted octanol–water partition coefficient (Wildman–Crippen LogP) is 3.17. The average molecular weight is 384 g/mol. The fourth-order valence-electron chi connectivity index (χ4n) is 1.76. The van der Waals surface area contributed by atoms with Crippen molar-refractivity contribution in [2.24, 2.45) is 0 Å². The zero-order chi connectivity index (χ0) is 18.4. The minimum atomic E-state index is -6.68. The number of aryl methyl sites for hydroxylation is 2. The highest BCUT2D eigenvalue weighted by Crippen LogP contribution is 2.45. The van der Waals surface area contributed by atoms with Gasteiger partial charge in [-0.3, -0.25) is 0 Å². The summed E-state index contributed by atoms with van der Waals surface area (Å²) in [5.41, 5.74) is -13.7. The van der Waals surface area contributed by atoms with Crippen molar-refractivity contribution < 1.29 is 43.2 Å². The van der Waals surface area contributed by atoms with Gasteiger partial charge in [0.05, 0.1) is 0 Å². The first-order chi connectivity index (χ1) is 10.0. The van der Waals surface area contributed by atoms with Crippen LogP contribution in [0.5, 0.6) is 0 Å². The van der Waals surface area contributed by atoms with E-state index >= 15 is 0 Å². The van der Waals surface area contributed by atoms with Gasteiger partial charge < -0.3 is 0 Å².